The Morgan fingerprint density at radius 2 is 1.00 bits per heavy atom. The van der Waals surface area contributed by atoms with Crippen LogP contribution in [-0.2, 0) is 4.74 Å². The van der Waals surface area contributed by atoms with Gasteiger partial charge in [0.05, 0.1) is 55.0 Å². The van der Waals surface area contributed by atoms with Crippen molar-refractivity contribution >= 4 is 96.4 Å². The smallest absolute Gasteiger partial charge is 0.410 e. The number of rotatable bonds is 10. The number of H-pyrrole nitrogens is 2. The minimum Gasteiger partial charge on any atom is -0.444 e. The van der Waals surface area contributed by atoms with Crippen LogP contribution >= 0.6 is 23.2 Å². The molecule has 4 fully saturated rings. The van der Waals surface area contributed by atoms with E-state index in [1.54, 1.807) is 17.3 Å². The molecule has 1 amide bonds. The van der Waals surface area contributed by atoms with Crippen molar-refractivity contribution < 1.29 is 19.0 Å². The van der Waals surface area contributed by atoms with E-state index < -0.39 is 5.60 Å². The van der Waals surface area contributed by atoms with E-state index in [-0.39, 0.29) is 6.09 Å². The number of aryl methyl sites for hydroxylation is 4. The number of piperidine rings is 1. The van der Waals surface area contributed by atoms with Crippen molar-refractivity contribution in [2.75, 3.05) is 113 Å². The number of benzene rings is 2. The van der Waals surface area contributed by atoms with Crippen LogP contribution < -0.4 is 29.1 Å². The topological polar surface area (TPSA) is 202 Å². The molecule has 23 heteroatoms. The molecule has 0 atom stereocenters. The molecule has 0 radical (unpaired) electrons. The standard InChI is InChI=1S/C30H38ClN9O3.C26H31ClN8O/c1-17-12-22-21(14-32-36-22)25(23(17)31)42-27-24-20(13-18(2)33-27)26(35-28(34-24)40-15-19(16-40)37(6)7)38-8-10-39(11-9-38)29(41)43-30(3,4)5;1-15-10-20-19(12-28-32-20)23(21(15)27)36-25-22-18(11-16(2)29-25)24(34-8-6-5-7-9-34)31-26(30-22)35-13-17(14-35)33(3)4/h12-14,19H,8-11,15-16H2,1-7H3,(H,32,36);10-12,17H,5-9,13-14H2,1-4H3,(H,28,32). The van der Waals surface area contributed by atoms with Crippen molar-refractivity contribution in [3.05, 3.63) is 69.2 Å². The highest BCUT2D eigenvalue weighted by Crippen LogP contribution is 2.44. The van der Waals surface area contributed by atoms with Crippen molar-refractivity contribution in [2.45, 2.75) is 85.4 Å². The van der Waals surface area contributed by atoms with Crippen molar-refractivity contribution in [1.29, 1.82) is 0 Å². The third-order valence-electron chi connectivity index (χ3n) is 15.2. The van der Waals surface area contributed by atoms with Crippen LogP contribution in [0.15, 0.2) is 36.7 Å². The molecule has 0 saturated carbocycles. The number of aromatic amines is 2. The van der Waals surface area contributed by atoms with Gasteiger partial charge in [-0.1, -0.05) is 23.2 Å². The number of carbonyl (C=O) groups is 1. The molecule has 4 aliphatic rings. The fraction of sp³-hybridized carbons (Fsp3) is 0.482. The van der Waals surface area contributed by atoms with Crippen molar-refractivity contribution in [3.63, 3.8) is 0 Å². The van der Waals surface area contributed by atoms with Gasteiger partial charge in [-0.15, -0.1) is 0 Å². The molecule has 416 valence electrons. The first-order valence-electron chi connectivity index (χ1n) is 27.1. The Hall–Kier alpha value is -7.07. The van der Waals surface area contributed by atoms with Crippen LogP contribution in [0.3, 0.4) is 0 Å². The van der Waals surface area contributed by atoms with E-state index in [0.29, 0.717) is 88.5 Å². The van der Waals surface area contributed by atoms with E-state index in [1.165, 1.54) is 6.42 Å². The van der Waals surface area contributed by atoms with Crippen molar-refractivity contribution in [1.82, 2.24) is 65.0 Å². The van der Waals surface area contributed by atoms with Gasteiger partial charge < -0.3 is 48.5 Å². The molecule has 6 aromatic heterocycles. The summed E-state index contributed by atoms with van der Waals surface area (Å²) in [4.78, 5) is 57.7. The van der Waals surface area contributed by atoms with Gasteiger partial charge in [-0.25, -0.2) is 24.7 Å². The third kappa shape index (κ3) is 10.9. The Morgan fingerprint density at radius 3 is 1.42 bits per heavy atom. The summed E-state index contributed by atoms with van der Waals surface area (Å²) in [7, 11) is 8.39. The molecule has 2 aromatic carbocycles. The van der Waals surface area contributed by atoms with Crippen LogP contribution in [0.1, 0.15) is 62.5 Å². The predicted octanol–water partition coefficient (Wildman–Crippen LogP) is 9.48. The normalized spacial score (nSPS) is 16.6. The molecular formula is C56H69Cl2N17O4. The van der Waals surface area contributed by atoms with Crippen molar-refractivity contribution in [2.24, 2.45) is 0 Å². The van der Waals surface area contributed by atoms with Gasteiger partial charge in [-0.2, -0.15) is 20.2 Å². The zero-order chi connectivity index (χ0) is 55.6. The Morgan fingerprint density at radius 1 is 0.570 bits per heavy atom. The van der Waals surface area contributed by atoms with Crippen LogP contribution in [0.25, 0.3) is 43.6 Å². The van der Waals surface area contributed by atoms with Gasteiger partial charge >= 0.3 is 6.09 Å². The summed E-state index contributed by atoms with van der Waals surface area (Å²) < 4.78 is 18.6. The van der Waals surface area contributed by atoms with Gasteiger partial charge in [0.2, 0.25) is 23.7 Å². The molecule has 2 N–H and O–H groups in total. The number of nitrogens with one attached hydrogen (secondary N) is 2. The number of fused-ring (bicyclic) bond motifs is 4. The number of ether oxygens (including phenoxy) is 3. The summed E-state index contributed by atoms with van der Waals surface area (Å²) in [6, 6.07) is 8.90. The van der Waals surface area contributed by atoms with Crippen molar-refractivity contribution in [3.8, 4) is 23.3 Å². The SMILES string of the molecule is Cc1cc2c(N3CCCCC3)nc(N3CC(N(C)C)C3)nc2c(Oc2c(Cl)c(C)cc3[nH]ncc23)n1.Cc1cc2c(N3CCN(C(=O)OC(C)(C)C)CC3)nc(N3CC(N(C)C)C3)nc2c(Oc2c(Cl)c(C)cc3[nH]ncc23)n1. The Labute approximate surface area is 469 Å². The summed E-state index contributed by atoms with van der Waals surface area (Å²) in [6.07, 6.45) is 6.72. The van der Waals surface area contributed by atoms with Gasteiger partial charge in [0, 0.05) is 88.9 Å². The highest BCUT2D eigenvalue weighted by Gasteiger charge is 2.35. The average molecular weight is 1120 g/mol. The molecule has 4 saturated heterocycles. The van der Waals surface area contributed by atoms with Gasteiger partial charge in [0.15, 0.2) is 11.5 Å². The molecule has 21 nitrogen and oxygen atoms in total. The lowest BCUT2D eigenvalue weighted by Gasteiger charge is -2.43. The first kappa shape index (κ1) is 53.9. The molecule has 0 aliphatic carbocycles. The number of carbonyl (C=O) groups excluding carboxylic acids is 1. The Kier molecular flexibility index (Phi) is 14.7. The Bertz CT molecular complexity index is 3590. The number of hydrogen-bond donors (Lipinski definition) is 2. The fourth-order valence-electron chi connectivity index (χ4n) is 10.4. The zero-order valence-corrected chi connectivity index (χ0v) is 48.4. The van der Waals surface area contributed by atoms with Gasteiger partial charge in [-0.05, 0) is 131 Å². The molecule has 0 unspecified atom stereocenters. The highest BCUT2D eigenvalue weighted by atomic mass is 35.5. The molecule has 12 rings (SSSR count). The van der Waals surface area contributed by atoms with Crippen LogP contribution in [0.5, 0.6) is 23.3 Å². The molecule has 0 bridgehead atoms. The first-order valence-corrected chi connectivity index (χ1v) is 27.8. The minimum absolute atomic E-state index is 0.299. The van der Waals surface area contributed by atoms with E-state index in [9.17, 15) is 4.79 Å². The summed E-state index contributed by atoms with van der Waals surface area (Å²) >= 11 is 13.5. The summed E-state index contributed by atoms with van der Waals surface area (Å²) in [5.74, 6) is 4.90. The second-order valence-corrected chi connectivity index (χ2v) is 23.5. The largest absolute Gasteiger partial charge is 0.444 e. The number of pyridine rings is 2. The molecular weight excluding hydrogens is 1050 g/mol. The van der Waals surface area contributed by atoms with Gasteiger partial charge in [0.25, 0.3) is 0 Å². The average Bonchev–Trinajstić information content (AvgIpc) is 4.20. The molecule has 8 aromatic rings. The summed E-state index contributed by atoms with van der Waals surface area (Å²) in [5, 5.41) is 18.8. The van der Waals surface area contributed by atoms with Crippen LogP contribution in [0, 0.1) is 27.7 Å². The molecule has 0 spiro atoms. The van der Waals surface area contributed by atoms with Crippen LogP contribution in [0.2, 0.25) is 10.0 Å². The highest BCUT2D eigenvalue weighted by molar-refractivity contribution is 6.34. The van der Waals surface area contributed by atoms with E-state index in [4.69, 9.17) is 67.3 Å². The van der Waals surface area contributed by atoms with E-state index in [0.717, 1.165) is 125 Å². The predicted molar refractivity (Wildman–Crippen MR) is 311 cm³/mol. The van der Waals surface area contributed by atoms with Gasteiger partial charge in [0.1, 0.15) is 28.3 Å². The number of halogens is 2. The second kappa shape index (κ2) is 21.5. The number of hydrogen-bond acceptors (Lipinski definition) is 18. The number of nitrogens with zero attached hydrogens (tertiary/aromatic N) is 15. The Balaban J connectivity index is 0.000000170. The number of likely N-dealkylation sites (N-methyl/N-ethyl adjacent to an activating group) is 2. The lowest BCUT2D eigenvalue weighted by atomic mass is 10.1. The van der Waals surface area contributed by atoms with Gasteiger partial charge in [-0.3, -0.25) is 10.2 Å². The monoisotopic (exact) mass is 1110 g/mol. The number of anilines is 4. The first-order chi connectivity index (χ1) is 37.8. The lowest BCUT2D eigenvalue weighted by Crippen LogP contribution is -2.58. The maximum absolute atomic E-state index is 12.7. The minimum atomic E-state index is -0.545. The number of piperazine rings is 1. The fourth-order valence-corrected chi connectivity index (χ4v) is 10.8. The maximum Gasteiger partial charge on any atom is 0.410 e. The van der Waals surface area contributed by atoms with Crippen LogP contribution in [0.4, 0.5) is 28.3 Å². The maximum atomic E-state index is 12.7. The van der Waals surface area contributed by atoms with Crippen LogP contribution in [-0.4, -0.2) is 182 Å². The lowest BCUT2D eigenvalue weighted by molar-refractivity contribution is 0.0240. The van der Waals surface area contributed by atoms with E-state index >= 15 is 0 Å². The summed E-state index contributed by atoms with van der Waals surface area (Å²) in [5.41, 5.74) is 5.81. The number of aromatic nitrogens is 10. The molecule has 4 aliphatic heterocycles. The van der Waals surface area contributed by atoms with E-state index in [2.05, 4.69) is 84.1 Å². The second-order valence-electron chi connectivity index (χ2n) is 22.7. The summed E-state index contributed by atoms with van der Waals surface area (Å²) in [6.45, 7) is 21.1. The number of amides is 1. The molecule has 10 heterocycles. The van der Waals surface area contributed by atoms with E-state index in [1.807, 2.05) is 66.7 Å². The quantitative estimate of drug-likeness (QED) is 0.131. The zero-order valence-electron chi connectivity index (χ0n) is 46.9. The third-order valence-corrected chi connectivity index (χ3v) is 16.1. The molecule has 79 heavy (non-hydrogen) atoms.